The van der Waals surface area contributed by atoms with Crippen LogP contribution in [0, 0.1) is 0 Å². The molecule has 0 fully saturated rings. The van der Waals surface area contributed by atoms with E-state index in [9.17, 15) is 0 Å². The van der Waals surface area contributed by atoms with Crippen LogP contribution >= 0.6 is 0 Å². The van der Waals surface area contributed by atoms with E-state index in [0.29, 0.717) is 0 Å². The number of benzene rings is 3. The van der Waals surface area contributed by atoms with E-state index in [1.807, 2.05) is 50.8 Å². The maximum atomic E-state index is 5.17. The van der Waals surface area contributed by atoms with Gasteiger partial charge in [-0.1, -0.05) is 158 Å². The van der Waals surface area contributed by atoms with Gasteiger partial charge in [-0.05, 0) is 34.9 Å². The first-order chi connectivity index (χ1) is 22.5. The van der Waals surface area contributed by atoms with Crippen LogP contribution in [-0.2, 0) is 33.3 Å². The fourth-order valence-electron chi connectivity index (χ4n) is 5.77. The minimum Gasteiger partial charge on any atom is -0.227 e. The van der Waals surface area contributed by atoms with Crippen LogP contribution in [0.3, 0.4) is 0 Å². The summed E-state index contributed by atoms with van der Waals surface area (Å²) in [5.41, 5.74) is 5.79. The number of hydrogen-bond donors (Lipinski definition) is 0. The molecular formula is C41H46MnN6. The number of allylic oxidation sites excluding steroid dienone is 2. The van der Waals surface area contributed by atoms with Gasteiger partial charge < -0.3 is 0 Å². The van der Waals surface area contributed by atoms with Gasteiger partial charge in [0.1, 0.15) is 0 Å². The van der Waals surface area contributed by atoms with Crippen molar-refractivity contribution < 1.29 is 17.1 Å². The van der Waals surface area contributed by atoms with Crippen molar-refractivity contribution in [1.82, 2.24) is 29.3 Å². The van der Waals surface area contributed by atoms with Crippen molar-refractivity contribution in [2.45, 2.75) is 64.1 Å². The zero-order chi connectivity index (χ0) is 33.7. The summed E-state index contributed by atoms with van der Waals surface area (Å²) in [6, 6.07) is 37.9. The van der Waals surface area contributed by atoms with E-state index in [1.165, 1.54) is 16.7 Å². The molecule has 0 amide bonds. The Bertz CT molecular complexity index is 1680. The van der Waals surface area contributed by atoms with Gasteiger partial charge in [0.15, 0.2) is 0 Å². The summed E-state index contributed by atoms with van der Waals surface area (Å²) >= 11 is 0. The summed E-state index contributed by atoms with van der Waals surface area (Å²) in [6.07, 6.45) is 8.97. The molecule has 0 saturated heterocycles. The second-order valence-electron chi connectivity index (χ2n) is 13.3. The van der Waals surface area contributed by atoms with Crippen molar-refractivity contribution in [2.75, 3.05) is 0 Å². The molecule has 3 aromatic carbocycles. The van der Waals surface area contributed by atoms with Crippen LogP contribution < -0.4 is 0 Å². The van der Waals surface area contributed by atoms with E-state index in [1.54, 1.807) is 12.2 Å². The molecule has 48 heavy (non-hydrogen) atoms. The molecule has 0 spiro atoms. The Kier molecular flexibility index (Phi) is 11.3. The maximum absolute atomic E-state index is 5.17. The third-order valence-corrected chi connectivity index (χ3v) is 9.11. The SMILES string of the molecule is C=CC=C.CC(C)(c1ccccc1)c1ccn(C(n2ccc(C(C)(C)c3ccccc3)n2)n2ccc(C(C)(C)c3ccccc3)n2)n1.[Mn]. The van der Waals surface area contributed by atoms with Crippen molar-refractivity contribution in [2.24, 2.45) is 0 Å². The van der Waals surface area contributed by atoms with Crippen LogP contribution in [0.25, 0.3) is 0 Å². The second-order valence-corrected chi connectivity index (χ2v) is 13.3. The summed E-state index contributed by atoms with van der Waals surface area (Å²) in [6.45, 7) is 20.0. The molecule has 0 N–H and O–H groups in total. The van der Waals surface area contributed by atoms with Crippen molar-refractivity contribution >= 4 is 0 Å². The Morgan fingerprint density at radius 3 is 0.938 bits per heavy atom. The van der Waals surface area contributed by atoms with Gasteiger partial charge >= 0.3 is 0 Å². The standard InChI is InChI=1S/C37H40N6.C4H6.Mn/c1-35(2,28-16-10-7-11-17-28)31-22-25-41(38-31)34(42-26-23-32(39-42)36(3,4)29-18-12-8-13-19-29)43-27-24-33(40-43)37(5,6)30-20-14-9-15-21-30;1-3-4-2;/h7-27,34H,1-6H3;3-4H,1-2H2;. The van der Waals surface area contributed by atoms with Crippen LogP contribution in [-0.4, -0.2) is 29.3 Å². The third kappa shape index (κ3) is 7.38. The van der Waals surface area contributed by atoms with Crippen molar-refractivity contribution in [3.63, 3.8) is 0 Å². The normalized spacial score (nSPS) is 11.7. The summed E-state index contributed by atoms with van der Waals surface area (Å²) in [4.78, 5) is 0. The molecule has 247 valence electrons. The molecule has 0 unspecified atom stereocenters. The Balaban J connectivity index is 0.000000986. The predicted molar refractivity (Wildman–Crippen MR) is 193 cm³/mol. The quantitative estimate of drug-likeness (QED) is 0.107. The van der Waals surface area contributed by atoms with Gasteiger partial charge in [0.05, 0.1) is 17.1 Å². The largest absolute Gasteiger partial charge is 0.238 e. The topological polar surface area (TPSA) is 53.5 Å². The first-order valence-corrected chi connectivity index (χ1v) is 16.1. The van der Waals surface area contributed by atoms with E-state index in [2.05, 4.69) is 146 Å². The van der Waals surface area contributed by atoms with Crippen LogP contribution in [0.2, 0.25) is 0 Å². The van der Waals surface area contributed by atoms with Gasteiger partial charge in [-0.25, -0.2) is 14.0 Å². The average Bonchev–Trinajstić information content (AvgIpc) is 3.90. The molecule has 6 nitrogen and oxygen atoms in total. The number of rotatable bonds is 10. The van der Waals surface area contributed by atoms with Crippen LogP contribution in [0.5, 0.6) is 0 Å². The van der Waals surface area contributed by atoms with Crippen LogP contribution in [0.1, 0.15) is 81.6 Å². The monoisotopic (exact) mass is 677 g/mol. The summed E-state index contributed by atoms with van der Waals surface area (Å²) in [5.74, 6) is 0. The Labute approximate surface area is 296 Å². The van der Waals surface area contributed by atoms with Crippen molar-refractivity contribution in [1.29, 1.82) is 0 Å². The third-order valence-electron chi connectivity index (χ3n) is 9.11. The Morgan fingerprint density at radius 1 is 0.458 bits per heavy atom. The number of nitrogens with zero attached hydrogens (tertiary/aromatic N) is 6. The van der Waals surface area contributed by atoms with E-state index in [4.69, 9.17) is 15.3 Å². The number of aromatic nitrogens is 6. The van der Waals surface area contributed by atoms with Gasteiger partial charge in [0.25, 0.3) is 0 Å². The molecule has 0 atom stereocenters. The summed E-state index contributed by atoms with van der Waals surface area (Å²) < 4.78 is 5.91. The molecule has 3 heterocycles. The van der Waals surface area contributed by atoms with Gasteiger partial charge in [-0.2, -0.15) is 15.3 Å². The van der Waals surface area contributed by atoms with Gasteiger partial charge in [-0.3, -0.25) is 0 Å². The second kappa shape index (κ2) is 15.0. The zero-order valence-electron chi connectivity index (χ0n) is 28.8. The molecular weight excluding hydrogens is 631 g/mol. The molecule has 1 radical (unpaired) electrons. The van der Waals surface area contributed by atoms with Gasteiger partial charge in [-0.15, -0.1) is 0 Å². The zero-order valence-corrected chi connectivity index (χ0v) is 30.0. The molecule has 0 saturated carbocycles. The first-order valence-electron chi connectivity index (χ1n) is 16.1. The predicted octanol–water partition coefficient (Wildman–Crippen LogP) is 9.16. The van der Waals surface area contributed by atoms with E-state index < -0.39 is 6.29 Å². The fraction of sp³-hybridized carbons (Fsp3) is 0.244. The maximum Gasteiger partial charge on any atom is 0.238 e. The average molecular weight is 678 g/mol. The minimum atomic E-state index is -0.430. The molecule has 0 aliphatic rings. The molecule has 3 aromatic heterocycles. The smallest absolute Gasteiger partial charge is 0.227 e. The molecule has 0 aliphatic carbocycles. The Hall–Kier alpha value is -4.71. The van der Waals surface area contributed by atoms with Gasteiger partial charge in [0, 0.05) is 51.9 Å². The van der Waals surface area contributed by atoms with E-state index in [-0.39, 0.29) is 33.3 Å². The molecule has 0 bridgehead atoms. The van der Waals surface area contributed by atoms with Gasteiger partial charge in [0.2, 0.25) is 6.29 Å². The van der Waals surface area contributed by atoms with E-state index >= 15 is 0 Å². The van der Waals surface area contributed by atoms with E-state index in [0.717, 1.165) is 17.1 Å². The molecule has 6 rings (SSSR count). The molecule has 6 aromatic rings. The van der Waals surface area contributed by atoms with Crippen molar-refractivity contribution in [3.8, 4) is 0 Å². The fourth-order valence-corrected chi connectivity index (χ4v) is 5.77. The van der Waals surface area contributed by atoms with Crippen LogP contribution in [0.4, 0.5) is 0 Å². The molecule has 7 heteroatoms. The van der Waals surface area contributed by atoms with Crippen molar-refractivity contribution in [3.05, 3.63) is 187 Å². The Morgan fingerprint density at radius 2 is 0.708 bits per heavy atom. The minimum absolute atomic E-state index is 0. The van der Waals surface area contributed by atoms with Crippen LogP contribution in [0.15, 0.2) is 153 Å². The summed E-state index contributed by atoms with van der Waals surface area (Å²) in [5, 5.41) is 15.5. The number of hydrogen-bond acceptors (Lipinski definition) is 3. The molecule has 0 aliphatic heterocycles. The first kappa shape index (κ1) is 36.1. The summed E-state index contributed by atoms with van der Waals surface area (Å²) in [7, 11) is 0.